The summed E-state index contributed by atoms with van der Waals surface area (Å²) in [5.74, 6) is 0. The summed E-state index contributed by atoms with van der Waals surface area (Å²) in [7, 11) is 0. The Kier molecular flexibility index (Phi) is 5.05. The maximum atomic E-state index is 12.2. The minimum absolute atomic E-state index is 0.139. The Morgan fingerprint density at radius 2 is 2.06 bits per heavy atom. The third-order valence-corrected chi connectivity index (χ3v) is 3.03. The van der Waals surface area contributed by atoms with Crippen LogP contribution in [0.1, 0.15) is 33.1 Å². The van der Waals surface area contributed by atoms with Crippen molar-refractivity contribution in [3.63, 3.8) is 0 Å². The van der Waals surface area contributed by atoms with E-state index in [2.05, 4.69) is 12.2 Å². The van der Waals surface area contributed by atoms with Crippen LogP contribution in [0.25, 0.3) is 0 Å². The maximum absolute atomic E-state index is 12.2. The fourth-order valence-corrected chi connectivity index (χ4v) is 2.19. The molecule has 0 saturated carbocycles. The third-order valence-electron chi connectivity index (χ3n) is 3.03. The zero-order valence-corrected chi connectivity index (χ0v) is 9.98. The number of halogens is 3. The Morgan fingerprint density at radius 3 is 2.62 bits per heavy atom. The first-order valence-electron chi connectivity index (χ1n) is 5.96. The van der Waals surface area contributed by atoms with E-state index in [0.29, 0.717) is 6.04 Å². The number of hydrogen-bond donors (Lipinski definition) is 1. The van der Waals surface area contributed by atoms with Gasteiger partial charge in [0.15, 0.2) is 0 Å². The summed E-state index contributed by atoms with van der Waals surface area (Å²) in [5, 5.41) is 3.32. The zero-order valence-electron chi connectivity index (χ0n) is 9.98. The Hall–Kier alpha value is -0.290. The lowest BCUT2D eigenvalue weighted by molar-refractivity contribution is -0.140. The van der Waals surface area contributed by atoms with Gasteiger partial charge in [-0.25, -0.2) is 0 Å². The summed E-state index contributed by atoms with van der Waals surface area (Å²) in [6.45, 7) is 5.76. The number of alkyl halides is 3. The third kappa shape index (κ3) is 4.70. The molecule has 5 heteroatoms. The quantitative estimate of drug-likeness (QED) is 0.809. The van der Waals surface area contributed by atoms with Gasteiger partial charge < -0.3 is 5.32 Å². The fraction of sp³-hybridized carbons (Fsp3) is 1.00. The molecule has 2 nitrogen and oxygen atoms in total. The lowest BCUT2D eigenvalue weighted by Gasteiger charge is -2.39. The van der Waals surface area contributed by atoms with Gasteiger partial charge in [-0.15, -0.1) is 0 Å². The summed E-state index contributed by atoms with van der Waals surface area (Å²) >= 11 is 0. The molecule has 1 aliphatic heterocycles. The molecule has 1 N–H and O–H groups in total. The number of nitrogens with zero attached hydrogens (tertiary/aromatic N) is 1. The molecule has 0 amide bonds. The summed E-state index contributed by atoms with van der Waals surface area (Å²) in [6.07, 6.45) is -2.74. The van der Waals surface area contributed by atoms with Gasteiger partial charge in [-0.3, -0.25) is 4.90 Å². The number of hydrogen-bond acceptors (Lipinski definition) is 2. The molecule has 2 unspecified atom stereocenters. The van der Waals surface area contributed by atoms with Crippen LogP contribution in [-0.2, 0) is 0 Å². The second-order valence-corrected chi connectivity index (χ2v) is 4.61. The van der Waals surface area contributed by atoms with E-state index in [1.165, 1.54) is 0 Å². The van der Waals surface area contributed by atoms with Gasteiger partial charge in [0.25, 0.3) is 0 Å². The molecule has 2 atom stereocenters. The summed E-state index contributed by atoms with van der Waals surface area (Å²) in [4.78, 5) is 1.98. The zero-order chi connectivity index (χ0) is 12.2. The molecule has 0 aromatic rings. The second kappa shape index (κ2) is 5.87. The van der Waals surface area contributed by atoms with Crippen LogP contribution in [-0.4, -0.2) is 42.8 Å². The van der Waals surface area contributed by atoms with Crippen LogP contribution in [0.5, 0.6) is 0 Å². The second-order valence-electron chi connectivity index (χ2n) is 4.61. The lowest BCUT2D eigenvalue weighted by atomic mass is 10.1. The van der Waals surface area contributed by atoms with E-state index in [1.807, 2.05) is 11.8 Å². The van der Waals surface area contributed by atoms with Crippen molar-refractivity contribution in [3.8, 4) is 0 Å². The average molecular weight is 238 g/mol. The normalized spacial score (nSPS) is 28.3. The van der Waals surface area contributed by atoms with Crippen LogP contribution in [0.2, 0.25) is 0 Å². The average Bonchev–Trinajstić information content (AvgIpc) is 2.17. The number of piperazine rings is 1. The molecule has 0 aromatic heterocycles. The summed E-state index contributed by atoms with van der Waals surface area (Å²) < 4.78 is 36.5. The van der Waals surface area contributed by atoms with E-state index in [0.717, 1.165) is 25.9 Å². The molecule has 1 fully saturated rings. The van der Waals surface area contributed by atoms with E-state index in [9.17, 15) is 13.2 Å². The van der Waals surface area contributed by atoms with Crippen LogP contribution in [0, 0.1) is 0 Å². The molecule has 16 heavy (non-hydrogen) atoms. The first kappa shape index (κ1) is 13.8. The predicted molar refractivity (Wildman–Crippen MR) is 58.4 cm³/mol. The van der Waals surface area contributed by atoms with Crippen molar-refractivity contribution in [2.24, 2.45) is 0 Å². The Morgan fingerprint density at radius 1 is 1.38 bits per heavy atom. The van der Waals surface area contributed by atoms with Crippen molar-refractivity contribution >= 4 is 0 Å². The number of nitrogens with one attached hydrogen (secondary N) is 1. The van der Waals surface area contributed by atoms with Crippen LogP contribution < -0.4 is 5.32 Å². The van der Waals surface area contributed by atoms with Gasteiger partial charge in [-0.05, 0) is 13.3 Å². The molecule has 0 spiro atoms. The topological polar surface area (TPSA) is 15.3 Å². The van der Waals surface area contributed by atoms with Gasteiger partial charge in [-0.2, -0.15) is 13.2 Å². The van der Waals surface area contributed by atoms with Gasteiger partial charge in [0.1, 0.15) is 0 Å². The van der Waals surface area contributed by atoms with E-state index in [-0.39, 0.29) is 12.6 Å². The minimum atomic E-state index is -4.04. The van der Waals surface area contributed by atoms with Crippen molar-refractivity contribution in [1.29, 1.82) is 0 Å². The Balaban J connectivity index is 2.44. The van der Waals surface area contributed by atoms with Crippen molar-refractivity contribution in [3.05, 3.63) is 0 Å². The molecule has 1 rings (SSSR count). The smallest absolute Gasteiger partial charge is 0.311 e. The predicted octanol–water partition coefficient (Wildman–Crippen LogP) is 2.40. The molecular formula is C11H21F3N2. The van der Waals surface area contributed by atoms with Crippen LogP contribution in [0.3, 0.4) is 0 Å². The van der Waals surface area contributed by atoms with Gasteiger partial charge >= 0.3 is 6.18 Å². The molecule has 0 bridgehead atoms. The first-order valence-corrected chi connectivity index (χ1v) is 5.96. The van der Waals surface area contributed by atoms with Gasteiger partial charge in [0, 0.05) is 31.7 Å². The summed E-state index contributed by atoms with van der Waals surface area (Å²) in [5.41, 5.74) is 0. The highest BCUT2D eigenvalue weighted by molar-refractivity contribution is 4.84. The van der Waals surface area contributed by atoms with Gasteiger partial charge in [0.05, 0.1) is 6.42 Å². The van der Waals surface area contributed by atoms with Crippen molar-refractivity contribution in [2.45, 2.75) is 51.4 Å². The SMILES string of the molecule is CCCC1CNC(C)CN1CCC(F)(F)F. The largest absolute Gasteiger partial charge is 0.390 e. The molecule has 96 valence electrons. The van der Waals surface area contributed by atoms with Crippen LogP contribution in [0.15, 0.2) is 0 Å². The Bertz CT molecular complexity index is 206. The minimum Gasteiger partial charge on any atom is -0.311 e. The van der Waals surface area contributed by atoms with Crippen molar-refractivity contribution in [1.82, 2.24) is 10.2 Å². The number of rotatable bonds is 4. The molecule has 1 saturated heterocycles. The highest BCUT2D eigenvalue weighted by Crippen LogP contribution is 2.22. The molecular weight excluding hydrogens is 217 g/mol. The molecule has 0 aliphatic carbocycles. The van der Waals surface area contributed by atoms with E-state index < -0.39 is 12.6 Å². The standard InChI is InChI=1S/C11H21F3N2/c1-3-4-10-7-15-9(2)8-16(10)6-5-11(12,13)14/h9-10,15H,3-8H2,1-2H3. The van der Waals surface area contributed by atoms with E-state index in [4.69, 9.17) is 0 Å². The van der Waals surface area contributed by atoms with Crippen LogP contribution in [0.4, 0.5) is 13.2 Å². The van der Waals surface area contributed by atoms with E-state index >= 15 is 0 Å². The fourth-order valence-electron chi connectivity index (χ4n) is 2.19. The van der Waals surface area contributed by atoms with Gasteiger partial charge in [-0.1, -0.05) is 13.3 Å². The maximum Gasteiger partial charge on any atom is 0.390 e. The molecule has 0 radical (unpaired) electrons. The highest BCUT2D eigenvalue weighted by atomic mass is 19.4. The first-order chi connectivity index (χ1) is 7.42. The lowest BCUT2D eigenvalue weighted by Crippen LogP contribution is -2.55. The molecule has 0 aromatic carbocycles. The summed E-state index contributed by atoms with van der Waals surface area (Å²) in [6, 6.07) is 0.560. The van der Waals surface area contributed by atoms with Crippen molar-refractivity contribution in [2.75, 3.05) is 19.6 Å². The molecule has 1 heterocycles. The van der Waals surface area contributed by atoms with Crippen molar-refractivity contribution < 1.29 is 13.2 Å². The van der Waals surface area contributed by atoms with E-state index in [1.54, 1.807) is 0 Å². The highest BCUT2D eigenvalue weighted by Gasteiger charge is 2.31. The Labute approximate surface area is 95.2 Å². The van der Waals surface area contributed by atoms with Gasteiger partial charge in [0.2, 0.25) is 0 Å². The van der Waals surface area contributed by atoms with Crippen LogP contribution >= 0.6 is 0 Å². The monoisotopic (exact) mass is 238 g/mol. The molecule has 1 aliphatic rings.